The van der Waals surface area contributed by atoms with Crippen molar-refractivity contribution in [2.45, 2.75) is 19.5 Å². The summed E-state index contributed by atoms with van der Waals surface area (Å²) in [5.41, 5.74) is 2.10. The molecule has 0 aliphatic rings. The van der Waals surface area contributed by atoms with E-state index in [9.17, 15) is 9.59 Å². The van der Waals surface area contributed by atoms with Crippen molar-refractivity contribution in [1.82, 2.24) is 14.5 Å². The zero-order valence-electron chi connectivity index (χ0n) is 15.9. The molecular formula is C20H23N3O4. The van der Waals surface area contributed by atoms with Gasteiger partial charge in [-0.3, -0.25) is 13.9 Å². The van der Waals surface area contributed by atoms with Crippen LogP contribution in [0.1, 0.15) is 18.5 Å². The van der Waals surface area contributed by atoms with E-state index in [1.165, 1.54) is 9.13 Å². The molecule has 0 bridgehead atoms. The molecular weight excluding hydrogens is 346 g/mol. The molecule has 0 spiro atoms. The first kappa shape index (κ1) is 18.6. The first-order chi connectivity index (χ1) is 13.0. The summed E-state index contributed by atoms with van der Waals surface area (Å²) in [6, 6.07) is 12.5. The molecule has 0 aliphatic heterocycles. The Morgan fingerprint density at radius 1 is 1.11 bits per heavy atom. The SMILES string of the molecule is COc1ccc(OC)c([C@H](C)NC(=O)Cn2c(=O)n(C)c3ccccc32)c1. The van der Waals surface area contributed by atoms with Crippen LogP contribution in [0, 0.1) is 0 Å². The lowest BCUT2D eigenvalue weighted by molar-refractivity contribution is -0.122. The van der Waals surface area contributed by atoms with Crippen molar-refractivity contribution in [3.8, 4) is 11.5 Å². The summed E-state index contributed by atoms with van der Waals surface area (Å²) < 4.78 is 13.6. The lowest BCUT2D eigenvalue weighted by Crippen LogP contribution is -2.34. The summed E-state index contributed by atoms with van der Waals surface area (Å²) >= 11 is 0. The van der Waals surface area contributed by atoms with Crippen molar-refractivity contribution >= 4 is 16.9 Å². The Balaban J connectivity index is 1.83. The highest BCUT2D eigenvalue weighted by molar-refractivity contribution is 5.81. The van der Waals surface area contributed by atoms with E-state index in [1.807, 2.05) is 37.3 Å². The zero-order valence-corrected chi connectivity index (χ0v) is 15.9. The number of rotatable bonds is 6. The Hall–Kier alpha value is -3.22. The molecule has 142 valence electrons. The number of hydrogen-bond acceptors (Lipinski definition) is 4. The van der Waals surface area contributed by atoms with E-state index in [2.05, 4.69) is 5.32 Å². The molecule has 7 heteroatoms. The quantitative estimate of drug-likeness (QED) is 0.723. The van der Waals surface area contributed by atoms with Gasteiger partial charge in [-0.25, -0.2) is 4.79 Å². The van der Waals surface area contributed by atoms with Gasteiger partial charge in [-0.1, -0.05) is 12.1 Å². The van der Waals surface area contributed by atoms with E-state index in [0.29, 0.717) is 11.5 Å². The number of methoxy groups -OCH3 is 2. The maximum Gasteiger partial charge on any atom is 0.329 e. The Bertz CT molecular complexity index is 1040. The van der Waals surface area contributed by atoms with Crippen LogP contribution in [0.4, 0.5) is 0 Å². The van der Waals surface area contributed by atoms with Crippen molar-refractivity contribution in [3.63, 3.8) is 0 Å². The molecule has 27 heavy (non-hydrogen) atoms. The third-order valence-corrected chi connectivity index (χ3v) is 4.63. The Morgan fingerprint density at radius 3 is 2.48 bits per heavy atom. The number of nitrogens with zero attached hydrogens (tertiary/aromatic N) is 2. The highest BCUT2D eigenvalue weighted by atomic mass is 16.5. The number of para-hydroxylation sites is 2. The second-order valence-electron chi connectivity index (χ2n) is 6.31. The molecule has 0 aliphatic carbocycles. The topological polar surface area (TPSA) is 74.5 Å². The smallest absolute Gasteiger partial charge is 0.329 e. The maximum atomic E-state index is 12.6. The van der Waals surface area contributed by atoms with Crippen LogP contribution in [-0.4, -0.2) is 29.3 Å². The van der Waals surface area contributed by atoms with E-state index in [0.717, 1.165) is 16.6 Å². The van der Waals surface area contributed by atoms with E-state index < -0.39 is 0 Å². The molecule has 3 rings (SSSR count). The largest absolute Gasteiger partial charge is 0.497 e. The highest BCUT2D eigenvalue weighted by Crippen LogP contribution is 2.29. The highest BCUT2D eigenvalue weighted by Gasteiger charge is 2.18. The Labute approximate surface area is 157 Å². The van der Waals surface area contributed by atoms with Gasteiger partial charge in [0.2, 0.25) is 5.91 Å². The molecule has 0 fully saturated rings. The predicted molar refractivity (Wildman–Crippen MR) is 103 cm³/mol. The third-order valence-electron chi connectivity index (χ3n) is 4.63. The number of carbonyl (C=O) groups is 1. The molecule has 1 heterocycles. The zero-order chi connectivity index (χ0) is 19.6. The van der Waals surface area contributed by atoms with Gasteiger partial charge in [0.1, 0.15) is 18.0 Å². The van der Waals surface area contributed by atoms with Crippen molar-refractivity contribution < 1.29 is 14.3 Å². The fourth-order valence-corrected chi connectivity index (χ4v) is 3.20. The normalized spacial score (nSPS) is 12.0. The van der Waals surface area contributed by atoms with Crippen LogP contribution in [0.25, 0.3) is 11.0 Å². The van der Waals surface area contributed by atoms with Crippen molar-refractivity contribution in [1.29, 1.82) is 0 Å². The minimum Gasteiger partial charge on any atom is -0.497 e. The number of benzene rings is 2. The summed E-state index contributed by atoms with van der Waals surface area (Å²) in [6.07, 6.45) is 0. The van der Waals surface area contributed by atoms with Crippen LogP contribution in [0.5, 0.6) is 11.5 Å². The molecule has 2 aromatic carbocycles. The number of nitrogens with one attached hydrogen (secondary N) is 1. The second kappa shape index (κ2) is 7.57. The summed E-state index contributed by atoms with van der Waals surface area (Å²) in [5, 5.41) is 2.93. The number of carbonyl (C=O) groups excluding carboxylic acids is 1. The third kappa shape index (κ3) is 3.53. The monoisotopic (exact) mass is 369 g/mol. The number of hydrogen-bond donors (Lipinski definition) is 1. The average Bonchev–Trinajstić information content (AvgIpc) is 2.92. The molecule has 1 atom stereocenters. The van der Waals surface area contributed by atoms with Gasteiger partial charge in [-0.05, 0) is 37.3 Å². The van der Waals surface area contributed by atoms with E-state index in [4.69, 9.17) is 9.47 Å². The minimum absolute atomic E-state index is 0.0587. The molecule has 7 nitrogen and oxygen atoms in total. The lowest BCUT2D eigenvalue weighted by atomic mass is 10.1. The van der Waals surface area contributed by atoms with Crippen molar-refractivity contribution in [2.24, 2.45) is 7.05 Å². The van der Waals surface area contributed by atoms with Crippen LogP contribution in [-0.2, 0) is 18.4 Å². The van der Waals surface area contributed by atoms with Crippen LogP contribution in [0.15, 0.2) is 47.3 Å². The van der Waals surface area contributed by atoms with E-state index >= 15 is 0 Å². The molecule has 1 N–H and O–H groups in total. The Morgan fingerprint density at radius 2 is 1.81 bits per heavy atom. The van der Waals surface area contributed by atoms with E-state index in [1.54, 1.807) is 33.4 Å². The Kier molecular flexibility index (Phi) is 5.21. The molecule has 1 amide bonds. The van der Waals surface area contributed by atoms with Crippen LogP contribution in [0.2, 0.25) is 0 Å². The minimum atomic E-state index is -0.312. The van der Waals surface area contributed by atoms with Gasteiger partial charge in [0.05, 0.1) is 31.3 Å². The lowest BCUT2D eigenvalue weighted by Gasteiger charge is -2.18. The molecule has 0 saturated heterocycles. The van der Waals surface area contributed by atoms with Crippen molar-refractivity contribution in [2.75, 3.05) is 14.2 Å². The summed E-state index contributed by atoms with van der Waals surface area (Å²) in [4.78, 5) is 25.1. The fraction of sp³-hybridized carbons (Fsp3) is 0.300. The summed E-state index contributed by atoms with van der Waals surface area (Å²) in [6.45, 7) is 1.80. The predicted octanol–water partition coefficient (Wildman–Crippen LogP) is 2.23. The first-order valence-electron chi connectivity index (χ1n) is 8.61. The van der Waals surface area contributed by atoms with Gasteiger partial charge in [0.25, 0.3) is 0 Å². The average molecular weight is 369 g/mol. The molecule has 3 aromatic rings. The fourth-order valence-electron chi connectivity index (χ4n) is 3.20. The van der Waals surface area contributed by atoms with Gasteiger partial charge in [0.15, 0.2) is 0 Å². The standard InChI is InChI=1S/C20H23N3O4/c1-13(15-11-14(26-3)9-10-18(15)27-4)21-19(24)12-23-17-8-6-5-7-16(17)22(2)20(23)25/h5-11,13H,12H2,1-4H3,(H,21,24)/t13-/m0/s1. The van der Waals surface area contributed by atoms with E-state index in [-0.39, 0.29) is 24.2 Å². The summed E-state index contributed by atoms with van der Waals surface area (Å²) in [7, 11) is 4.86. The van der Waals surface area contributed by atoms with Gasteiger partial charge >= 0.3 is 5.69 Å². The molecule has 0 radical (unpaired) electrons. The van der Waals surface area contributed by atoms with Gasteiger partial charge in [-0.15, -0.1) is 0 Å². The van der Waals surface area contributed by atoms with Crippen LogP contribution < -0.4 is 20.5 Å². The summed E-state index contributed by atoms with van der Waals surface area (Å²) in [5.74, 6) is 1.08. The molecule has 0 saturated carbocycles. The number of imidazole rings is 1. The number of fused-ring (bicyclic) bond motifs is 1. The van der Waals surface area contributed by atoms with Gasteiger partial charge < -0.3 is 14.8 Å². The van der Waals surface area contributed by atoms with Crippen LogP contribution >= 0.6 is 0 Å². The number of amides is 1. The van der Waals surface area contributed by atoms with Gasteiger partial charge in [0, 0.05) is 12.6 Å². The number of aryl methyl sites for hydroxylation is 1. The maximum absolute atomic E-state index is 12.6. The van der Waals surface area contributed by atoms with Crippen molar-refractivity contribution in [3.05, 3.63) is 58.5 Å². The van der Waals surface area contributed by atoms with Gasteiger partial charge in [-0.2, -0.15) is 0 Å². The molecule has 0 unspecified atom stereocenters. The number of ether oxygens (including phenoxy) is 2. The number of aromatic nitrogens is 2. The van der Waals surface area contributed by atoms with Crippen LogP contribution in [0.3, 0.4) is 0 Å². The second-order valence-corrected chi connectivity index (χ2v) is 6.31. The molecule has 1 aromatic heterocycles. The first-order valence-corrected chi connectivity index (χ1v) is 8.61.